The van der Waals surface area contributed by atoms with Crippen LogP contribution in [0.1, 0.15) is 18.2 Å². The van der Waals surface area contributed by atoms with Gasteiger partial charge >= 0.3 is 0 Å². The number of fused-ring (bicyclic) bond motifs is 1. The minimum atomic E-state index is 1.01. The maximum Gasteiger partial charge on any atom is 0.0709 e. The molecule has 0 unspecified atom stereocenters. The molecule has 2 rings (SSSR count). The Morgan fingerprint density at radius 1 is 1.35 bits per heavy atom. The molecule has 1 heterocycles. The summed E-state index contributed by atoms with van der Waals surface area (Å²) in [5.41, 5.74) is 4.56. The third-order valence-corrected chi connectivity index (χ3v) is 3.89. The van der Waals surface area contributed by atoms with Gasteiger partial charge in [-0.3, -0.25) is 4.98 Å². The molecule has 0 aliphatic heterocycles. The summed E-state index contributed by atoms with van der Waals surface area (Å²) in [5.74, 6) is 0. The molecule has 4 heteroatoms. The Hall–Kier alpha value is -0.930. The second-order valence-electron chi connectivity index (χ2n) is 4.04. The van der Waals surface area contributed by atoms with Crippen LogP contribution in [-0.4, -0.2) is 12.0 Å². The van der Waals surface area contributed by atoms with Gasteiger partial charge in [0.15, 0.2) is 0 Å². The molecule has 17 heavy (non-hydrogen) atoms. The van der Waals surface area contributed by atoms with E-state index in [-0.39, 0.29) is 0 Å². The number of hydrogen-bond acceptors (Lipinski definition) is 3. The van der Waals surface area contributed by atoms with Crippen LogP contribution < -0.4 is 4.31 Å². The fourth-order valence-electron chi connectivity index (χ4n) is 1.96. The normalized spacial score (nSPS) is 10.8. The second-order valence-corrected chi connectivity index (χ2v) is 5.14. The molecule has 0 amide bonds. The first-order valence-corrected chi connectivity index (χ1v) is 7.18. The summed E-state index contributed by atoms with van der Waals surface area (Å²) in [5, 5.41) is 1.22. The number of nitrogens with zero attached hydrogens (tertiary/aromatic N) is 2. The van der Waals surface area contributed by atoms with Crippen molar-refractivity contribution in [3.63, 3.8) is 0 Å². The van der Waals surface area contributed by atoms with Crippen LogP contribution in [0.15, 0.2) is 24.3 Å². The Bertz CT molecular complexity index is 542. The van der Waals surface area contributed by atoms with Crippen molar-refractivity contribution in [2.24, 2.45) is 0 Å². The van der Waals surface area contributed by atoms with Crippen molar-refractivity contribution in [2.75, 3.05) is 11.4 Å². The molecular weight excluding hydrogens is 252 g/mol. The van der Waals surface area contributed by atoms with E-state index in [0.29, 0.717) is 0 Å². The molecule has 0 radical (unpaired) electrons. The van der Waals surface area contributed by atoms with Gasteiger partial charge in [0.25, 0.3) is 0 Å². The van der Waals surface area contributed by atoms with Gasteiger partial charge in [-0.15, -0.1) is 0 Å². The first-order chi connectivity index (χ1) is 8.15. The van der Waals surface area contributed by atoms with Crippen molar-refractivity contribution in [1.82, 2.24) is 4.98 Å². The first-order valence-electron chi connectivity index (χ1n) is 5.58. The Labute approximate surface area is 111 Å². The Morgan fingerprint density at radius 3 is 2.76 bits per heavy atom. The zero-order chi connectivity index (χ0) is 12.4. The van der Waals surface area contributed by atoms with Gasteiger partial charge in [0.2, 0.25) is 0 Å². The molecule has 0 bridgehead atoms. The van der Waals surface area contributed by atoms with E-state index in [9.17, 15) is 0 Å². The zero-order valence-electron chi connectivity index (χ0n) is 10.2. The Balaban J connectivity index is 2.63. The lowest BCUT2D eigenvalue weighted by molar-refractivity contribution is 1.12. The van der Waals surface area contributed by atoms with Crippen molar-refractivity contribution >= 4 is 38.4 Å². The van der Waals surface area contributed by atoms with E-state index < -0.39 is 0 Å². The smallest absolute Gasteiger partial charge is 0.0709 e. The fourth-order valence-corrected chi connectivity index (χ4v) is 2.39. The predicted molar refractivity (Wildman–Crippen MR) is 77.7 cm³/mol. The molecule has 0 aliphatic rings. The average Bonchev–Trinajstić information content (AvgIpc) is 2.36. The van der Waals surface area contributed by atoms with E-state index >= 15 is 0 Å². The molecule has 0 fully saturated rings. The van der Waals surface area contributed by atoms with Gasteiger partial charge in [-0.1, -0.05) is 6.92 Å². The molecule has 0 aliphatic carbocycles. The number of aromatic nitrogens is 1. The first kappa shape index (κ1) is 12.5. The van der Waals surface area contributed by atoms with Gasteiger partial charge in [0, 0.05) is 23.8 Å². The van der Waals surface area contributed by atoms with Gasteiger partial charge < -0.3 is 4.31 Å². The summed E-state index contributed by atoms with van der Waals surface area (Å²) in [6, 6.07) is 8.40. The SMILES string of the molecule is CCc1cc(C)nc2ccc(N(C)SCl)cc12. The highest BCUT2D eigenvalue weighted by Crippen LogP contribution is 2.28. The summed E-state index contributed by atoms with van der Waals surface area (Å²) < 4.78 is 1.93. The van der Waals surface area contributed by atoms with Crippen molar-refractivity contribution < 1.29 is 0 Å². The van der Waals surface area contributed by atoms with Crippen LogP contribution in [0, 0.1) is 6.92 Å². The summed E-state index contributed by atoms with van der Waals surface area (Å²) in [4.78, 5) is 4.55. The van der Waals surface area contributed by atoms with Gasteiger partial charge in [-0.2, -0.15) is 0 Å². The third kappa shape index (κ3) is 2.50. The van der Waals surface area contributed by atoms with E-state index in [0.717, 1.165) is 23.3 Å². The van der Waals surface area contributed by atoms with Crippen molar-refractivity contribution in [1.29, 1.82) is 0 Å². The molecule has 1 aromatic heterocycles. The summed E-state index contributed by atoms with van der Waals surface area (Å²) in [6.45, 7) is 4.20. The predicted octanol–water partition coefficient (Wildman–Crippen LogP) is 4.34. The van der Waals surface area contributed by atoms with Gasteiger partial charge in [-0.25, -0.2) is 0 Å². The summed E-state index contributed by atoms with van der Waals surface area (Å²) >= 11 is 1.19. The van der Waals surface area contributed by atoms with Crippen LogP contribution in [0.2, 0.25) is 0 Å². The third-order valence-electron chi connectivity index (χ3n) is 2.85. The zero-order valence-corrected chi connectivity index (χ0v) is 11.8. The number of hydrogen-bond donors (Lipinski definition) is 0. The largest absolute Gasteiger partial charge is 0.306 e. The quantitative estimate of drug-likeness (QED) is 0.769. The van der Waals surface area contributed by atoms with Gasteiger partial charge in [0.05, 0.1) is 16.7 Å². The average molecular weight is 267 g/mol. The Morgan fingerprint density at radius 2 is 2.12 bits per heavy atom. The van der Waals surface area contributed by atoms with Crippen LogP contribution in [0.5, 0.6) is 0 Å². The maximum atomic E-state index is 5.76. The molecule has 0 atom stereocenters. The molecule has 0 N–H and O–H groups in total. The maximum absolute atomic E-state index is 5.76. The highest BCUT2D eigenvalue weighted by atomic mass is 35.7. The minimum absolute atomic E-state index is 1.01. The number of pyridine rings is 1. The monoisotopic (exact) mass is 266 g/mol. The Kier molecular flexibility index (Phi) is 3.79. The van der Waals surface area contributed by atoms with Crippen LogP contribution >= 0.6 is 21.8 Å². The second kappa shape index (κ2) is 5.15. The number of benzene rings is 1. The number of anilines is 1. The van der Waals surface area contributed by atoms with Crippen LogP contribution in [-0.2, 0) is 6.42 Å². The number of aryl methyl sites for hydroxylation is 2. The van der Waals surface area contributed by atoms with E-state index in [1.165, 1.54) is 22.1 Å². The van der Waals surface area contributed by atoms with E-state index in [4.69, 9.17) is 10.7 Å². The highest BCUT2D eigenvalue weighted by molar-refractivity contribution is 8.22. The highest BCUT2D eigenvalue weighted by Gasteiger charge is 2.06. The molecule has 1 aromatic carbocycles. The van der Waals surface area contributed by atoms with E-state index in [1.807, 2.05) is 24.3 Å². The lowest BCUT2D eigenvalue weighted by Crippen LogP contribution is -2.03. The molecule has 90 valence electrons. The van der Waals surface area contributed by atoms with E-state index in [2.05, 4.69) is 30.1 Å². The molecule has 0 saturated heterocycles. The molecule has 0 spiro atoms. The molecular formula is C13H15ClN2S. The van der Waals surface area contributed by atoms with Crippen molar-refractivity contribution in [2.45, 2.75) is 20.3 Å². The van der Waals surface area contributed by atoms with Gasteiger partial charge in [-0.05, 0) is 53.9 Å². The van der Waals surface area contributed by atoms with Crippen LogP contribution in [0.3, 0.4) is 0 Å². The molecule has 2 nitrogen and oxygen atoms in total. The molecule has 0 saturated carbocycles. The lowest BCUT2D eigenvalue weighted by atomic mass is 10.1. The fraction of sp³-hybridized carbons (Fsp3) is 0.308. The van der Waals surface area contributed by atoms with Crippen molar-refractivity contribution in [3.8, 4) is 0 Å². The summed E-state index contributed by atoms with van der Waals surface area (Å²) in [6.07, 6.45) is 1.01. The standard InChI is InChI=1S/C13H15ClN2S/c1-4-10-7-9(2)15-13-6-5-11(8-12(10)13)16(3)17-14/h5-8H,4H2,1-3H3. The summed E-state index contributed by atoms with van der Waals surface area (Å²) in [7, 11) is 7.71. The van der Waals surface area contributed by atoms with Gasteiger partial charge in [0.1, 0.15) is 0 Å². The molecule has 2 aromatic rings. The van der Waals surface area contributed by atoms with Crippen molar-refractivity contribution in [3.05, 3.63) is 35.5 Å². The number of rotatable bonds is 3. The topological polar surface area (TPSA) is 16.1 Å². The van der Waals surface area contributed by atoms with E-state index in [1.54, 1.807) is 0 Å². The van der Waals surface area contributed by atoms with Crippen LogP contribution in [0.4, 0.5) is 5.69 Å². The number of halogens is 1. The van der Waals surface area contributed by atoms with Crippen LogP contribution in [0.25, 0.3) is 10.9 Å². The lowest BCUT2D eigenvalue weighted by Gasteiger charge is -2.15. The minimum Gasteiger partial charge on any atom is -0.306 e.